The summed E-state index contributed by atoms with van der Waals surface area (Å²) in [4.78, 5) is 25.6. The van der Waals surface area contributed by atoms with Crippen molar-refractivity contribution >= 4 is 39.0 Å². The Kier molecular flexibility index (Phi) is 6.63. The average molecular weight is 499 g/mol. The summed E-state index contributed by atoms with van der Waals surface area (Å²) >= 11 is 1.72. The monoisotopic (exact) mass is 498 g/mol. The Hall–Kier alpha value is -3.33. The molecule has 36 heavy (non-hydrogen) atoms. The van der Waals surface area contributed by atoms with Crippen LogP contribution >= 0.6 is 11.3 Å². The fourth-order valence-electron chi connectivity index (χ4n) is 5.16. The predicted octanol–water partition coefficient (Wildman–Crippen LogP) is 5.31. The maximum atomic E-state index is 12.8. The highest BCUT2D eigenvalue weighted by atomic mass is 32.1. The summed E-state index contributed by atoms with van der Waals surface area (Å²) in [6.07, 6.45) is 6.65. The number of likely N-dealkylation sites (tertiary alicyclic amines) is 1. The van der Waals surface area contributed by atoms with Crippen molar-refractivity contribution in [3.8, 4) is 10.6 Å². The third kappa shape index (κ3) is 5.11. The van der Waals surface area contributed by atoms with Crippen molar-refractivity contribution < 1.29 is 4.79 Å². The Morgan fingerprint density at radius 3 is 2.50 bits per heavy atom. The molecule has 184 valence electrons. The second-order valence-electron chi connectivity index (χ2n) is 9.52. The van der Waals surface area contributed by atoms with Gasteiger partial charge in [0.05, 0.1) is 10.6 Å². The van der Waals surface area contributed by atoms with Gasteiger partial charge < -0.3 is 10.2 Å². The Balaban J connectivity index is 1.06. The molecular formula is C28H30N6OS. The van der Waals surface area contributed by atoms with Gasteiger partial charge in [-0.3, -0.25) is 10.2 Å². The van der Waals surface area contributed by atoms with Gasteiger partial charge in [-0.1, -0.05) is 18.2 Å². The lowest BCUT2D eigenvalue weighted by atomic mass is 10.0. The Labute approximate surface area is 215 Å². The first kappa shape index (κ1) is 23.1. The SMILES string of the molecule is O=C(NN1CCC(N2CCCC2)CC1)c1ccc(Nc2nccc(-c3cc4ccccc4s3)n2)cc1. The third-order valence-electron chi connectivity index (χ3n) is 7.12. The number of thiophene rings is 1. The molecule has 2 N–H and O–H groups in total. The Morgan fingerprint density at radius 2 is 1.72 bits per heavy atom. The van der Waals surface area contributed by atoms with Crippen LogP contribution < -0.4 is 10.7 Å². The van der Waals surface area contributed by atoms with Crippen LogP contribution in [-0.4, -0.2) is 58.0 Å². The number of anilines is 2. The topological polar surface area (TPSA) is 73.4 Å². The molecular weight excluding hydrogens is 468 g/mol. The minimum Gasteiger partial charge on any atom is -0.324 e. The number of aromatic nitrogens is 2. The van der Waals surface area contributed by atoms with Crippen molar-refractivity contribution in [1.82, 2.24) is 25.3 Å². The van der Waals surface area contributed by atoms with E-state index in [2.05, 4.69) is 49.9 Å². The molecule has 0 unspecified atom stereocenters. The van der Waals surface area contributed by atoms with Crippen molar-refractivity contribution in [2.24, 2.45) is 0 Å². The molecule has 8 heteroatoms. The number of piperidine rings is 1. The first-order valence-corrected chi connectivity index (χ1v) is 13.5. The molecule has 7 nitrogen and oxygen atoms in total. The van der Waals surface area contributed by atoms with Gasteiger partial charge in [-0.15, -0.1) is 11.3 Å². The van der Waals surface area contributed by atoms with Crippen LogP contribution in [-0.2, 0) is 0 Å². The largest absolute Gasteiger partial charge is 0.324 e. The van der Waals surface area contributed by atoms with E-state index < -0.39 is 0 Å². The molecule has 2 aromatic carbocycles. The highest BCUT2D eigenvalue weighted by Gasteiger charge is 2.27. The molecule has 4 aromatic rings. The molecule has 2 aliphatic rings. The lowest BCUT2D eigenvalue weighted by molar-refractivity contribution is 0.0630. The lowest BCUT2D eigenvalue weighted by Gasteiger charge is -2.36. The highest BCUT2D eigenvalue weighted by molar-refractivity contribution is 7.22. The standard InChI is InChI=1S/C28H30N6OS/c35-27(32-34-17-12-23(13-18-34)33-15-3-4-16-33)20-7-9-22(10-8-20)30-28-29-14-11-24(31-28)26-19-21-5-1-2-6-25(21)36-26/h1-2,5-11,14,19,23H,3-4,12-13,15-18H2,(H,32,35)(H,29,30,31). The van der Waals surface area contributed by atoms with Crippen LogP contribution in [0.25, 0.3) is 20.7 Å². The van der Waals surface area contributed by atoms with Crippen LogP contribution in [0.3, 0.4) is 0 Å². The maximum absolute atomic E-state index is 12.8. The summed E-state index contributed by atoms with van der Waals surface area (Å²) in [7, 11) is 0. The number of hydrogen-bond donors (Lipinski definition) is 2. The van der Waals surface area contributed by atoms with Crippen molar-refractivity contribution in [1.29, 1.82) is 0 Å². The van der Waals surface area contributed by atoms with E-state index in [9.17, 15) is 4.79 Å². The molecule has 4 heterocycles. The smallest absolute Gasteiger partial charge is 0.265 e. The number of rotatable bonds is 6. The van der Waals surface area contributed by atoms with Gasteiger partial charge in [0.25, 0.3) is 5.91 Å². The molecule has 0 spiro atoms. The number of nitrogens with one attached hydrogen (secondary N) is 2. The van der Waals surface area contributed by atoms with Crippen LogP contribution in [0.4, 0.5) is 11.6 Å². The number of benzene rings is 2. The first-order chi connectivity index (χ1) is 17.7. The van der Waals surface area contributed by atoms with Crippen LogP contribution in [0.2, 0.25) is 0 Å². The normalized spacial score (nSPS) is 17.4. The number of nitrogens with zero attached hydrogens (tertiary/aromatic N) is 4. The minimum atomic E-state index is -0.0656. The molecule has 1 amide bonds. The van der Waals surface area contributed by atoms with Gasteiger partial charge >= 0.3 is 0 Å². The van der Waals surface area contributed by atoms with Crippen molar-refractivity contribution in [3.05, 3.63) is 72.4 Å². The predicted molar refractivity (Wildman–Crippen MR) is 145 cm³/mol. The number of hydrogen-bond acceptors (Lipinski definition) is 7. The summed E-state index contributed by atoms with van der Waals surface area (Å²) in [5.41, 5.74) is 5.45. The van der Waals surface area contributed by atoms with E-state index in [1.165, 1.54) is 36.0 Å². The van der Waals surface area contributed by atoms with Gasteiger partial charge in [0, 0.05) is 41.3 Å². The van der Waals surface area contributed by atoms with Gasteiger partial charge in [-0.05, 0) is 86.6 Å². The van der Waals surface area contributed by atoms with E-state index in [1.54, 1.807) is 17.5 Å². The van der Waals surface area contributed by atoms with E-state index in [4.69, 9.17) is 4.98 Å². The molecule has 0 radical (unpaired) electrons. The average Bonchev–Trinajstić information content (AvgIpc) is 3.60. The van der Waals surface area contributed by atoms with E-state index in [-0.39, 0.29) is 5.91 Å². The first-order valence-electron chi connectivity index (χ1n) is 12.7. The van der Waals surface area contributed by atoms with E-state index >= 15 is 0 Å². The zero-order valence-electron chi connectivity index (χ0n) is 20.2. The van der Waals surface area contributed by atoms with Crippen molar-refractivity contribution in [2.45, 2.75) is 31.7 Å². The quantitative estimate of drug-likeness (QED) is 0.376. The number of carbonyl (C=O) groups is 1. The van der Waals surface area contributed by atoms with E-state index in [1.807, 2.05) is 36.4 Å². The molecule has 2 fully saturated rings. The van der Waals surface area contributed by atoms with Crippen molar-refractivity contribution in [3.63, 3.8) is 0 Å². The summed E-state index contributed by atoms with van der Waals surface area (Å²) < 4.78 is 1.24. The van der Waals surface area contributed by atoms with E-state index in [0.717, 1.165) is 42.2 Å². The van der Waals surface area contributed by atoms with Gasteiger partial charge in [-0.2, -0.15) is 0 Å². The second-order valence-corrected chi connectivity index (χ2v) is 10.6. The number of fused-ring (bicyclic) bond motifs is 1. The molecule has 0 atom stereocenters. The van der Waals surface area contributed by atoms with Crippen LogP contribution in [0.5, 0.6) is 0 Å². The van der Waals surface area contributed by atoms with Gasteiger partial charge in [0.1, 0.15) is 0 Å². The molecule has 2 aliphatic heterocycles. The Morgan fingerprint density at radius 1 is 0.944 bits per heavy atom. The van der Waals surface area contributed by atoms with Crippen LogP contribution in [0, 0.1) is 0 Å². The zero-order chi connectivity index (χ0) is 24.3. The number of amides is 1. The van der Waals surface area contributed by atoms with Crippen molar-refractivity contribution in [2.75, 3.05) is 31.5 Å². The minimum absolute atomic E-state index is 0.0656. The van der Waals surface area contributed by atoms with Crippen LogP contribution in [0.1, 0.15) is 36.0 Å². The molecule has 0 bridgehead atoms. The number of carbonyl (C=O) groups excluding carboxylic acids is 1. The fourth-order valence-corrected chi connectivity index (χ4v) is 6.19. The second kappa shape index (κ2) is 10.3. The fraction of sp³-hybridized carbons (Fsp3) is 0.321. The molecule has 6 rings (SSSR count). The summed E-state index contributed by atoms with van der Waals surface area (Å²) in [6.45, 7) is 4.27. The summed E-state index contributed by atoms with van der Waals surface area (Å²) in [5.74, 6) is 0.465. The highest BCUT2D eigenvalue weighted by Crippen LogP contribution is 2.32. The maximum Gasteiger partial charge on any atom is 0.265 e. The number of hydrazine groups is 1. The van der Waals surface area contributed by atoms with Gasteiger partial charge in [-0.25, -0.2) is 15.0 Å². The Bertz CT molecular complexity index is 1310. The third-order valence-corrected chi connectivity index (χ3v) is 8.26. The molecule has 2 saturated heterocycles. The lowest BCUT2D eigenvalue weighted by Crippen LogP contribution is -2.50. The molecule has 2 aromatic heterocycles. The van der Waals surface area contributed by atoms with Crippen LogP contribution in [0.15, 0.2) is 66.9 Å². The summed E-state index contributed by atoms with van der Waals surface area (Å²) in [5, 5.41) is 6.54. The molecule has 0 aliphatic carbocycles. The van der Waals surface area contributed by atoms with Gasteiger partial charge in [0.2, 0.25) is 5.95 Å². The van der Waals surface area contributed by atoms with Gasteiger partial charge in [0.15, 0.2) is 0 Å². The van der Waals surface area contributed by atoms with E-state index in [0.29, 0.717) is 17.6 Å². The summed E-state index contributed by atoms with van der Waals surface area (Å²) in [6, 6.07) is 20.6. The zero-order valence-corrected chi connectivity index (χ0v) is 21.0. The molecule has 0 saturated carbocycles.